The van der Waals surface area contributed by atoms with Gasteiger partial charge in [0.2, 0.25) is 5.91 Å². The lowest BCUT2D eigenvalue weighted by atomic mass is 10.0. The van der Waals surface area contributed by atoms with Crippen molar-refractivity contribution in [2.24, 2.45) is 0 Å². The van der Waals surface area contributed by atoms with Crippen molar-refractivity contribution >= 4 is 16.9 Å². The lowest BCUT2D eigenvalue weighted by Gasteiger charge is -2.19. The number of nitrogens with one attached hydrogen (secondary N) is 1. The zero-order valence-electron chi connectivity index (χ0n) is 17.0. The van der Waals surface area contributed by atoms with Gasteiger partial charge < -0.3 is 19.2 Å². The normalized spacial score (nSPS) is 13.7. The molecule has 31 heavy (non-hydrogen) atoms. The molecule has 5 rings (SSSR count). The number of benzene rings is 3. The highest BCUT2D eigenvalue weighted by Gasteiger charge is 2.21. The number of fused-ring (bicyclic) bond motifs is 2. The minimum Gasteiger partial charge on any atom is -0.486 e. The van der Waals surface area contributed by atoms with Gasteiger partial charge in [-0.05, 0) is 41.8 Å². The molecule has 0 saturated heterocycles. The number of amides is 1. The lowest BCUT2D eigenvalue weighted by molar-refractivity contribution is -0.121. The predicted octanol–water partition coefficient (Wildman–Crippen LogP) is 5.04. The molecule has 1 aliphatic rings. The fourth-order valence-electron chi connectivity index (χ4n) is 3.84. The maximum atomic E-state index is 12.9. The Hall–Kier alpha value is -3.73. The summed E-state index contributed by atoms with van der Waals surface area (Å²) in [5, 5.41) is 4.17. The standard InChI is InChI=1S/C26H23NO4/c28-25(13-11-18-10-12-22-23(16-18)30-15-14-29-22)27-26(19-6-2-1-3-7-19)24-17-20-8-4-5-9-21(20)31-24/h1-10,12,16-17,26H,11,13-15H2,(H,27,28)/t26-/m0/s1. The summed E-state index contributed by atoms with van der Waals surface area (Å²) < 4.78 is 17.3. The number of hydrogen-bond donors (Lipinski definition) is 1. The summed E-state index contributed by atoms with van der Waals surface area (Å²) in [5.74, 6) is 2.19. The Labute approximate surface area is 180 Å². The largest absolute Gasteiger partial charge is 0.486 e. The first kappa shape index (κ1) is 19.2. The Balaban J connectivity index is 1.32. The fourth-order valence-corrected chi connectivity index (χ4v) is 3.84. The monoisotopic (exact) mass is 413 g/mol. The number of carbonyl (C=O) groups excluding carboxylic acids is 1. The van der Waals surface area contributed by atoms with Gasteiger partial charge in [-0.25, -0.2) is 0 Å². The van der Waals surface area contributed by atoms with E-state index in [4.69, 9.17) is 13.9 Å². The van der Waals surface area contributed by atoms with Crippen molar-refractivity contribution in [1.82, 2.24) is 5.32 Å². The smallest absolute Gasteiger partial charge is 0.221 e. The first-order chi connectivity index (χ1) is 15.3. The van der Waals surface area contributed by atoms with E-state index >= 15 is 0 Å². The van der Waals surface area contributed by atoms with Gasteiger partial charge in [0.25, 0.3) is 0 Å². The van der Waals surface area contributed by atoms with Gasteiger partial charge >= 0.3 is 0 Å². The average Bonchev–Trinajstić information content (AvgIpc) is 3.25. The predicted molar refractivity (Wildman–Crippen MR) is 118 cm³/mol. The number of carbonyl (C=O) groups is 1. The number of aryl methyl sites for hydroxylation is 1. The SMILES string of the molecule is O=C(CCc1ccc2c(c1)OCCO2)N[C@@H](c1ccccc1)c1cc2ccccc2o1. The lowest BCUT2D eigenvalue weighted by Crippen LogP contribution is -2.29. The van der Waals surface area contributed by atoms with Crippen molar-refractivity contribution < 1.29 is 18.7 Å². The van der Waals surface area contributed by atoms with E-state index in [0.29, 0.717) is 26.1 Å². The molecule has 0 radical (unpaired) electrons. The molecule has 1 aromatic heterocycles. The van der Waals surface area contributed by atoms with Gasteiger partial charge in [-0.3, -0.25) is 4.79 Å². The van der Waals surface area contributed by atoms with Crippen molar-refractivity contribution in [3.63, 3.8) is 0 Å². The maximum absolute atomic E-state index is 12.9. The summed E-state index contributed by atoms with van der Waals surface area (Å²) in [5.41, 5.74) is 2.83. The number of ether oxygens (including phenoxy) is 2. The van der Waals surface area contributed by atoms with Gasteiger partial charge in [0.05, 0.1) is 0 Å². The third kappa shape index (κ3) is 4.26. The molecule has 0 spiro atoms. The van der Waals surface area contributed by atoms with Crippen LogP contribution in [0.15, 0.2) is 83.3 Å². The second kappa shape index (κ2) is 8.56. The topological polar surface area (TPSA) is 60.7 Å². The molecule has 1 amide bonds. The summed E-state index contributed by atoms with van der Waals surface area (Å²) >= 11 is 0. The molecule has 156 valence electrons. The Morgan fingerprint density at radius 2 is 1.65 bits per heavy atom. The van der Waals surface area contributed by atoms with Crippen LogP contribution in [-0.2, 0) is 11.2 Å². The number of furan rings is 1. The summed E-state index contributed by atoms with van der Waals surface area (Å²) in [6, 6.07) is 25.2. The summed E-state index contributed by atoms with van der Waals surface area (Å²) in [4.78, 5) is 12.9. The molecule has 1 aliphatic heterocycles. The van der Waals surface area contributed by atoms with Gasteiger partial charge in [0, 0.05) is 11.8 Å². The van der Waals surface area contributed by atoms with E-state index in [0.717, 1.165) is 39.4 Å². The molecule has 1 N–H and O–H groups in total. The third-order valence-electron chi connectivity index (χ3n) is 5.41. The molecule has 2 heterocycles. The molecule has 0 aliphatic carbocycles. The van der Waals surface area contributed by atoms with Crippen LogP contribution in [0.4, 0.5) is 0 Å². The molecule has 1 atom stereocenters. The molecular weight excluding hydrogens is 390 g/mol. The van der Waals surface area contributed by atoms with Gasteiger partial charge in [-0.1, -0.05) is 54.6 Å². The summed E-state index contributed by atoms with van der Waals surface area (Å²) in [6.45, 7) is 1.12. The van der Waals surface area contributed by atoms with E-state index in [-0.39, 0.29) is 11.9 Å². The van der Waals surface area contributed by atoms with Gasteiger partial charge in [0.15, 0.2) is 11.5 Å². The molecular formula is C26H23NO4. The fraction of sp³-hybridized carbons (Fsp3) is 0.192. The van der Waals surface area contributed by atoms with Gasteiger partial charge in [-0.2, -0.15) is 0 Å². The van der Waals surface area contributed by atoms with Crippen molar-refractivity contribution in [1.29, 1.82) is 0 Å². The van der Waals surface area contributed by atoms with Crippen LogP contribution in [0.2, 0.25) is 0 Å². The third-order valence-corrected chi connectivity index (χ3v) is 5.41. The van der Waals surface area contributed by atoms with E-state index in [9.17, 15) is 4.79 Å². The van der Waals surface area contributed by atoms with Crippen LogP contribution < -0.4 is 14.8 Å². The van der Waals surface area contributed by atoms with E-state index in [1.54, 1.807) is 0 Å². The average molecular weight is 413 g/mol. The Morgan fingerprint density at radius 3 is 2.48 bits per heavy atom. The van der Waals surface area contributed by atoms with Crippen molar-refractivity contribution in [2.75, 3.05) is 13.2 Å². The minimum absolute atomic E-state index is 0.0378. The van der Waals surface area contributed by atoms with Crippen LogP contribution in [-0.4, -0.2) is 19.1 Å². The molecule has 0 fully saturated rings. The van der Waals surface area contributed by atoms with Crippen LogP contribution in [0, 0.1) is 0 Å². The van der Waals surface area contributed by atoms with E-state index in [1.165, 1.54) is 0 Å². The Bertz CT molecular complexity index is 1170. The second-order valence-electron chi connectivity index (χ2n) is 7.58. The van der Waals surface area contributed by atoms with Crippen LogP contribution in [0.25, 0.3) is 11.0 Å². The van der Waals surface area contributed by atoms with Crippen molar-refractivity contribution in [3.8, 4) is 11.5 Å². The summed E-state index contributed by atoms with van der Waals surface area (Å²) in [7, 11) is 0. The number of para-hydroxylation sites is 1. The van der Waals surface area contributed by atoms with Gasteiger partial charge in [0.1, 0.15) is 30.6 Å². The Kier molecular flexibility index (Phi) is 5.31. The highest BCUT2D eigenvalue weighted by Crippen LogP contribution is 2.31. The highest BCUT2D eigenvalue weighted by atomic mass is 16.6. The number of hydrogen-bond acceptors (Lipinski definition) is 4. The van der Waals surface area contributed by atoms with E-state index in [2.05, 4.69) is 5.32 Å². The molecule has 0 unspecified atom stereocenters. The quantitative estimate of drug-likeness (QED) is 0.481. The highest BCUT2D eigenvalue weighted by molar-refractivity contribution is 5.80. The zero-order chi connectivity index (χ0) is 21.0. The maximum Gasteiger partial charge on any atom is 0.221 e. The molecule has 0 bridgehead atoms. The van der Waals surface area contributed by atoms with E-state index in [1.807, 2.05) is 78.9 Å². The molecule has 5 heteroatoms. The zero-order valence-corrected chi connectivity index (χ0v) is 17.0. The minimum atomic E-state index is -0.346. The number of rotatable bonds is 6. The van der Waals surface area contributed by atoms with Crippen LogP contribution in [0.1, 0.15) is 29.3 Å². The van der Waals surface area contributed by atoms with Crippen molar-refractivity contribution in [2.45, 2.75) is 18.9 Å². The second-order valence-corrected chi connectivity index (χ2v) is 7.58. The molecule has 0 saturated carbocycles. The first-order valence-electron chi connectivity index (χ1n) is 10.5. The van der Waals surface area contributed by atoms with Crippen LogP contribution in [0.5, 0.6) is 11.5 Å². The Morgan fingerprint density at radius 1 is 0.871 bits per heavy atom. The van der Waals surface area contributed by atoms with Crippen LogP contribution >= 0.6 is 0 Å². The summed E-state index contributed by atoms with van der Waals surface area (Å²) in [6.07, 6.45) is 0.979. The first-order valence-corrected chi connectivity index (χ1v) is 10.5. The molecule has 5 nitrogen and oxygen atoms in total. The van der Waals surface area contributed by atoms with Gasteiger partial charge in [-0.15, -0.1) is 0 Å². The van der Waals surface area contributed by atoms with E-state index < -0.39 is 0 Å². The van der Waals surface area contributed by atoms with Crippen molar-refractivity contribution in [3.05, 3.63) is 95.7 Å². The molecule has 4 aromatic rings. The van der Waals surface area contributed by atoms with Crippen LogP contribution in [0.3, 0.4) is 0 Å². The molecule has 3 aromatic carbocycles.